The largest absolute Gasteiger partial charge is 0.456 e. The average Bonchev–Trinajstić information content (AvgIpc) is 3.63. The lowest BCUT2D eigenvalue weighted by Crippen LogP contribution is -2.20. The summed E-state index contributed by atoms with van der Waals surface area (Å²) >= 11 is 0. The zero-order valence-electron chi connectivity index (χ0n) is 29.6. The van der Waals surface area contributed by atoms with Gasteiger partial charge in [0.2, 0.25) is 0 Å². The number of furan rings is 1. The fourth-order valence-corrected chi connectivity index (χ4v) is 9.38. The number of anilines is 2. The van der Waals surface area contributed by atoms with Gasteiger partial charge in [-0.25, -0.2) is 0 Å². The molecule has 51 heavy (non-hydrogen) atoms. The molecule has 246 valence electrons. The normalized spacial score (nSPS) is 17.6. The minimum atomic E-state index is -0.0646. The highest BCUT2D eigenvalue weighted by molar-refractivity contribution is 6.11. The predicted molar refractivity (Wildman–Crippen MR) is 213 cm³/mol. The molecule has 0 saturated carbocycles. The summed E-state index contributed by atoms with van der Waals surface area (Å²) in [4.78, 5) is 2.53. The number of hydrogen-bond donors (Lipinski definition) is 0. The first-order valence-electron chi connectivity index (χ1n) is 18.2. The first-order chi connectivity index (χ1) is 24.8. The summed E-state index contributed by atoms with van der Waals surface area (Å²) in [6, 6.07) is 37.7. The Bertz CT molecular complexity index is 2670. The Morgan fingerprint density at radius 1 is 0.706 bits per heavy atom. The SMILES string of the molecule is CC1(C)C2=C(CCC=C2)c2c(N(C3=CC(c4cccc5oc6ccccc6c45)=CC#CC3)c3ccc4c(c3)-c3ccccc3C4(C)C)cccc21. The second kappa shape index (κ2) is 10.9. The van der Waals surface area contributed by atoms with Crippen molar-refractivity contribution in [2.45, 2.75) is 57.8 Å². The van der Waals surface area contributed by atoms with E-state index in [2.05, 4.69) is 166 Å². The predicted octanol–water partition coefficient (Wildman–Crippen LogP) is 12.8. The lowest BCUT2D eigenvalue weighted by atomic mass is 9.80. The second-order valence-electron chi connectivity index (χ2n) is 15.4. The van der Waals surface area contributed by atoms with Crippen LogP contribution in [0, 0.1) is 11.8 Å². The molecule has 0 bridgehead atoms. The number of benzene rings is 5. The Morgan fingerprint density at radius 2 is 1.47 bits per heavy atom. The van der Waals surface area contributed by atoms with Crippen LogP contribution in [0.5, 0.6) is 0 Å². The van der Waals surface area contributed by atoms with Crippen LogP contribution >= 0.6 is 0 Å². The number of allylic oxidation sites excluding steroid dienone is 8. The van der Waals surface area contributed by atoms with Crippen molar-refractivity contribution in [3.8, 4) is 23.0 Å². The zero-order chi connectivity index (χ0) is 34.5. The van der Waals surface area contributed by atoms with Crippen molar-refractivity contribution >= 4 is 44.5 Å². The number of fused-ring (bicyclic) bond motifs is 8. The van der Waals surface area contributed by atoms with E-state index in [1.54, 1.807) is 0 Å². The van der Waals surface area contributed by atoms with Crippen LogP contribution in [0.3, 0.4) is 0 Å². The minimum absolute atomic E-state index is 0.0591. The molecular weight excluding hydrogens is 619 g/mol. The summed E-state index contributed by atoms with van der Waals surface area (Å²) in [6.45, 7) is 9.48. The van der Waals surface area contributed by atoms with E-state index in [0.717, 1.165) is 57.3 Å². The van der Waals surface area contributed by atoms with Gasteiger partial charge in [-0.15, -0.1) is 0 Å². The van der Waals surface area contributed by atoms with Gasteiger partial charge in [-0.1, -0.05) is 124 Å². The third kappa shape index (κ3) is 4.31. The minimum Gasteiger partial charge on any atom is -0.456 e. The molecule has 0 fully saturated rings. The van der Waals surface area contributed by atoms with Crippen molar-refractivity contribution in [3.05, 3.63) is 167 Å². The van der Waals surface area contributed by atoms with Crippen LogP contribution in [0.2, 0.25) is 0 Å². The van der Waals surface area contributed by atoms with Gasteiger partial charge in [0.05, 0.1) is 12.1 Å². The number of rotatable bonds is 4. The van der Waals surface area contributed by atoms with Crippen LogP contribution in [0.4, 0.5) is 11.4 Å². The molecule has 1 aromatic heterocycles. The molecule has 2 nitrogen and oxygen atoms in total. The fraction of sp³-hybridized carbons (Fsp3) is 0.184. The molecule has 6 aromatic rings. The van der Waals surface area contributed by atoms with E-state index in [4.69, 9.17) is 4.42 Å². The molecule has 0 aliphatic heterocycles. The van der Waals surface area contributed by atoms with Crippen molar-refractivity contribution in [1.82, 2.24) is 0 Å². The molecule has 1 heterocycles. The number of hydrogen-bond acceptors (Lipinski definition) is 2. The van der Waals surface area contributed by atoms with E-state index in [0.29, 0.717) is 6.42 Å². The maximum atomic E-state index is 6.33. The molecule has 0 spiro atoms. The lowest BCUT2D eigenvalue weighted by molar-refractivity contribution is 0.651. The fourth-order valence-electron chi connectivity index (χ4n) is 9.38. The summed E-state index contributed by atoms with van der Waals surface area (Å²) < 4.78 is 6.33. The summed E-state index contributed by atoms with van der Waals surface area (Å²) in [7, 11) is 0. The highest BCUT2D eigenvalue weighted by atomic mass is 16.3. The first-order valence-corrected chi connectivity index (χ1v) is 18.2. The lowest BCUT2D eigenvalue weighted by Gasteiger charge is -2.31. The van der Waals surface area contributed by atoms with Gasteiger partial charge in [0.25, 0.3) is 0 Å². The van der Waals surface area contributed by atoms with Crippen molar-refractivity contribution in [3.63, 3.8) is 0 Å². The highest BCUT2D eigenvalue weighted by Crippen LogP contribution is 2.55. The van der Waals surface area contributed by atoms with E-state index in [1.807, 2.05) is 6.07 Å². The van der Waals surface area contributed by atoms with Crippen LogP contribution in [0.15, 0.2) is 143 Å². The van der Waals surface area contributed by atoms with E-state index in [1.165, 1.54) is 50.2 Å². The van der Waals surface area contributed by atoms with Crippen molar-refractivity contribution in [1.29, 1.82) is 0 Å². The Labute approximate surface area is 300 Å². The van der Waals surface area contributed by atoms with E-state index in [9.17, 15) is 0 Å². The van der Waals surface area contributed by atoms with Gasteiger partial charge in [-0.2, -0.15) is 0 Å². The van der Waals surface area contributed by atoms with E-state index in [-0.39, 0.29) is 10.8 Å². The Hall–Kier alpha value is -5.78. The van der Waals surface area contributed by atoms with Gasteiger partial charge in [0.15, 0.2) is 0 Å². The van der Waals surface area contributed by atoms with Gasteiger partial charge in [0.1, 0.15) is 11.2 Å². The van der Waals surface area contributed by atoms with Gasteiger partial charge < -0.3 is 9.32 Å². The molecule has 4 aliphatic rings. The summed E-state index contributed by atoms with van der Waals surface area (Å²) in [5.74, 6) is 6.96. The summed E-state index contributed by atoms with van der Waals surface area (Å²) in [5.41, 5.74) is 18.6. The van der Waals surface area contributed by atoms with E-state index >= 15 is 0 Å². The van der Waals surface area contributed by atoms with Crippen molar-refractivity contribution < 1.29 is 4.42 Å². The Balaban J connectivity index is 1.22. The third-order valence-electron chi connectivity index (χ3n) is 11.8. The van der Waals surface area contributed by atoms with Crippen LogP contribution in [-0.4, -0.2) is 0 Å². The van der Waals surface area contributed by atoms with Gasteiger partial charge in [-0.05, 0) is 105 Å². The molecule has 0 radical (unpaired) electrons. The smallest absolute Gasteiger partial charge is 0.136 e. The Morgan fingerprint density at radius 3 is 2.39 bits per heavy atom. The monoisotopic (exact) mass is 657 g/mol. The standard InChI is InChI=1S/C49H39NO/c1-48(2)39-21-10-7-17-35(39)38-30-33(27-28-41(38)48)50(43-24-14-23-42-47(43)36-18-8-11-22-40(36)49(42,3)4)32-16-6-5-15-31(29-32)34-20-13-26-45-46(34)37-19-9-12-25-44(37)51-45/h7,9-15,17,19-30H,8,16,18H2,1-4H3. The highest BCUT2D eigenvalue weighted by Gasteiger charge is 2.40. The molecule has 0 atom stereocenters. The van der Waals surface area contributed by atoms with Gasteiger partial charge in [0, 0.05) is 38.6 Å². The molecular formula is C49H39NO. The zero-order valence-corrected chi connectivity index (χ0v) is 29.6. The maximum Gasteiger partial charge on any atom is 0.136 e. The molecule has 0 N–H and O–H groups in total. The third-order valence-corrected chi connectivity index (χ3v) is 11.8. The second-order valence-corrected chi connectivity index (χ2v) is 15.4. The van der Waals surface area contributed by atoms with Crippen molar-refractivity contribution in [2.24, 2.45) is 0 Å². The van der Waals surface area contributed by atoms with E-state index < -0.39 is 0 Å². The average molecular weight is 658 g/mol. The van der Waals surface area contributed by atoms with Gasteiger partial charge in [-0.3, -0.25) is 0 Å². The molecule has 2 heteroatoms. The molecule has 10 rings (SSSR count). The van der Waals surface area contributed by atoms with Crippen LogP contribution in [0.1, 0.15) is 74.8 Å². The quantitative estimate of drug-likeness (QED) is 0.175. The molecule has 0 amide bonds. The summed E-state index contributed by atoms with van der Waals surface area (Å²) in [5, 5.41) is 2.26. The summed E-state index contributed by atoms with van der Waals surface area (Å²) in [6.07, 6.45) is 11.9. The van der Waals surface area contributed by atoms with Gasteiger partial charge >= 0.3 is 0 Å². The maximum absolute atomic E-state index is 6.33. The topological polar surface area (TPSA) is 16.4 Å². The molecule has 0 unspecified atom stereocenters. The van der Waals surface area contributed by atoms with Crippen molar-refractivity contribution in [2.75, 3.05) is 4.90 Å². The Kier molecular flexibility index (Phi) is 6.40. The molecule has 0 saturated heterocycles. The first kappa shape index (κ1) is 30.1. The molecule has 4 aliphatic carbocycles. The van der Waals surface area contributed by atoms with Crippen LogP contribution in [0.25, 0.3) is 44.2 Å². The molecule has 5 aromatic carbocycles. The number of para-hydroxylation sites is 1. The van der Waals surface area contributed by atoms with Crippen LogP contribution < -0.4 is 4.90 Å². The number of nitrogens with zero attached hydrogens (tertiary/aromatic N) is 1. The van der Waals surface area contributed by atoms with Crippen LogP contribution in [-0.2, 0) is 10.8 Å².